The van der Waals surface area contributed by atoms with Gasteiger partial charge < -0.3 is 9.80 Å². The summed E-state index contributed by atoms with van der Waals surface area (Å²) in [5.74, 6) is 0.0355. The standard InChI is InChI=1S/C19H26N4O2/c1-21(12-13-23-10-6-3-7-11-23)18(24)14-17-15-8-4-5-9-16(15)19(25)22(2)20-17/h4-5,8-9H,3,6-7,10-14H2,1-2H3. The van der Waals surface area contributed by atoms with Crippen LogP contribution in [0.15, 0.2) is 29.1 Å². The van der Waals surface area contributed by atoms with Crippen molar-refractivity contribution in [2.45, 2.75) is 25.7 Å². The molecule has 3 rings (SSSR count). The highest BCUT2D eigenvalue weighted by atomic mass is 16.2. The summed E-state index contributed by atoms with van der Waals surface area (Å²) in [5.41, 5.74) is 0.526. The van der Waals surface area contributed by atoms with E-state index in [0.717, 1.165) is 31.6 Å². The van der Waals surface area contributed by atoms with Crippen molar-refractivity contribution < 1.29 is 4.79 Å². The minimum absolute atomic E-state index is 0.0355. The zero-order chi connectivity index (χ0) is 17.8. The quantitative estimate of drug-likeness (QED) is 0.825. The highest BCUT2D eigenvalue weighted by molar-refractivity contribution is 5.88. The van der Waals surface area contributed by atoms with E-state index < -0.39 is 0 Å². The Balaban J connectivity index is 1.69. The van der Waals surface area contributed by atoms with Crippen LogP contribution in [0.3, 0.4) is 0 Å². The number of carbonyl (C=O) groups excluding carboxylic acids is 1. The first-order valence-electron chi connectivity index (χ1n) is 8.97. The lowest BCUT2D eigenvalue weighted by molar-refractivity contribution is -0.129. The second-order valence-corrected chi connectivity index (χ2v) is 6.82. The fraction of sp³-hybridized carbons (Fsp3) is 0.526. The molecule has 1 aromatic heterocycles. The number of aryl methyl sites for hydroxylation is 1. The summed E-state index contributed by atoms with van der Waals surface area (Å²) in [6, 6.07) is 7.35. The zero-order valence-electron chi connectivity index (χ0n) is 15.1. The van der Waals surface area contributed by atoms with E-state index in [9.17, 15) is 9.59 Å². The van der Waals surface area contributed by atoms with Gasteiger partial charge in [-0.1, -0.05) is 24.6 Å². The average molecular weight is 342 g/mol. The van der Waals surface area contributed by atoms with Gasteiger partial charge in [0.15, 0.2) is 0 Å². The number of amides is 1. The summed E-state index contributed by atoms with van der Waals surface area (Å²) in [6.07, 6.45) is 4.04. The molecule has 0 N–H and O–H groups in total. The molecule has 6 heteroatoms. The van der Waals surface area contributed by atoms with Crippen LogP contribution < -0.4 is 5.56 Å². The molecule has 1 amide bonds. The van der Waals surface area contributed by atoms with Crippen LogP contribution in [0.25, 0.3) is 10.8 Å². The summed E-state index contributed by atoms with van der Waals surface area (Å²) in [7, 11) is 3.47. The van der Waals surface area contributed by atoms with Crippen LogP contribution in [-0.4, -0.2) is 58.7 Å². The van der Waals surface area contributed by atoms with Crippen molar-refractivity contribution >= 4 is 16.7 Å². The maximum atomic E-state index is 12.6. The van der Waals surface area contributed by atoms with E-state index in [1.807, 2.05) is 25.2 Å². The molecular formula is C19H26N4O2. The minimum atomic E-state index is -0.134. The first-order valence-corrected chi connectivity index (χ1v) is 8.97. The van der Waals surface area contributed by atoms with Crippen LogP contribution in [0, 0.1) is 0 Å². The number of benzene rings is 1. The SMILES string of the molecule is CN(CCN1CCCCC1)C(=O)Cc1nn(C)c(=O)c2ccccc12. The highest BCUT2D eigenvalue weighted by Gasteiger charge is 2.17. The van der Waals surface area contributed by atoms with Gasteiger partial charge in [0.1, 0.15) is 0 Å². The Morgan fingerprint density at radius 2 is 1.84 bits per heavy atom. The molecule has 134 valence electrons. The zero-order valence-corrected chi connectivity index (χ0v) is 15.1. The molecule has 1 aliphatic heterocycles. The molecule has 0 unspecified atom stereocenters. The van der Waals surface area contributed by atoms with Gasteiger partial charge in [-0.2, -0.15) is 5.10 Å². The number of likely N-dealkylation sites (tertiary alicyclic amines) is 1. The lowest BCUT2D eigenvalue weighted by Gasteiger charge is -2.28. The number of aromatic nitrogens is 2. The lowest BCUT2D eigenvalue weighted by atomic mass is 10.1. The van der Waals surface area contributed by atoms with Gasteiger partial charge in [-0.05, 0) is 32.0 Å². The molecule has 25 heavy (non-hydrogen) atoms. The lowest BCUT2D eigenvalue weighted by Crippen LogP contribution is -2.39. The monoisotopic (exact) mass is 342 g/mol. The Morgan fingerprint density at radius 1 is 1.16 bits per heavy atom. The minimum Gasteiger partial charge on any atom is -0.344 e. The Morgan fingerprint density at radius 3 is 2.56 bits per heavy atom. The van der Waals surface area contributed by atoms with Crippen LogP contribution in [-0.2, 0) is 18.3 Å². The summed E-state index contributed by atoms with van der Waals surface area (Å²) >= 11 is 0. The third-order valence-electron chi connectivity index (χ3n) is 4.98. The maximum Gasteiger partial charge on any atom is 0.274 e. The summed E-state index contributed by atoms with van der Waals surface area (Å²) in [4.78, 5) is 29.0. The van der Waals surface area contributed by atoms with Gasteiger partial charge >= 0.3 is 0 Å². The van der Waals surface area contributed by atoms with E-state index in [-0.39, 0.29) is 17.9 Å². The number of fused-ring (bicyclic) bond motifs is 1. The molecule has 6 nitrogen and oxygen atoms in total. The number of hydrogen-bond acceptors (Lipinski definition) is 4. The predicted molar refractivity (Wildman–Crippen MR) is 98.6 cm³/mol. The molecule has 1 fully saturated rings. The largest absolute Gasteiger partial charge is 0.344 e. The smallest absolute Gasteiger partial charge is 0.274 e. The van der Waals surface area contributed by atoms with Gasteiger partial charge in [-0.3, -0.25) is 9.59 Å². The van der Waals surface area contributed by atoms with E-state index in [2.05, 4.69) is 10.00 Å². The molecule has 1 aliphatic rings. The third kappa shape index (κ3) is 4.07. The molecular weight excluding hydrogens is 316 g/mol. The van der Waals surface area contributed by atoms with Crippen molar-refractivity contribution in [3.8, 4) is 0 Å². The molecule has 0 bridgehead atoms. The van der Waals surface area contributed by atoms with Crippen molar-refractivity contribution in [3.63, 3.8) is 0 Å². The second kappa shape index (κ2) is 7.78. The van der Waals surface area contributed by atoms with Crippen molar-refractivity contribution in [1.29, 1.82) is 0 Å². The molecule has 2 aromatic rings. The Hall–Kier alpha value is -2.21. The number of carbonyl (C=O) groups is 1. The van der Waals surface area contributed by atoms with Gasteiger partial charge in [0.25, 0.3) is 5.56 Å². The Bertz CT molecular complexity index is 809. The molecule has 2 heterocycles. The second-order valence-electron chi connectivity index (χ2n) is 6.82. The Labute approximate surface area is 148 Å². The van der Waals surface area contributed by atoms with Gasteiger partial charge in [0.05, 0.1) is 17.5 Å². The fourth-order valence-corrected chi connectivity index (χ4v) is 3.38. The molecule has 1 aromatic carbocycles. The summed E-state index contributed by atoms with van der Waals surface area (Å²) in [6.45, 7) is 3.91. The number of nitrogens with zero attached hydrogens (tertiary/aromatic N) is 4. The number of hydrogen-bond donors (Lipinski definition) is 0. The molecule has 0 aliphatic carbocycles. The van der Waals surface area contributed by atoms with Crippen molar-refractivity contribution in [2.75, 3.05) is 33.2 Å². The van der Waals surface area contributed by atoms with Crippen molar-refractivity contribution in [1.82, 2.24) is 19.6 Å². The number of rotatable bonds is 5. The van der Waals surface area contributed by atoms with Gasteiger partial charge in [0.2, 0.25) is 5.91 Å². The molecule has 0 radical (unpaired) electrons. The van der Waals surface area contributed by atoms with E-state index in [1.165, 1.54) is 23.9 Å². The molecule has 0 saturated carbocycles. The number of piperidine rings is 1. The summed E-state index contributed by atoms with van der Waals surface area (Å²) < 4.78 is 1.32. The third-order valence-corrected chi connectivity index (χ3v) is 4.98. The Kier molecular flexibility index (Phi) is 5.48. The van der Waals surface area contributed by atoms with Gasteiger partial charge in [-0.15, -0.1) is 0 Å². The van der Waals surface area contributed by atoms with E-state index >= 15 is 0 Å². The van der Waals surface area contributed by atoms with Crippen molar-refractivity contribution in [2.24, 2.45) is 7.05 Å². The maximum absolute atomic E-state index is 12.6. The molecule has 0 spiro atoms. The average Bonchev–Trinajstić information content (AvgIpc) is 2.64. The van der Waals surface area contributed by atoms with Gasteiger partial charge in [0, 0.05) is 32.6 Å². The molecule has 1 saturated heterocycles. The van der Waals surface area contributed by atoms with Crippen molar-refractivity contribution in [3.05, 3.63) is 40.3 Å². The van der Waals surface area contributed by atoms with Crippen LogP contribution in [0.4, 0.5) is 0 Å². The van der Waals surface area contributed by atoms with Gasteiger partial charge in [-0.25, -0.2) is 4.68 Å². The van der Waals surface area contributed by atoms with Crippen LogP contribution in [0.5, 0.6) is 0 Å². The van der Waals surface area contributed by atoms with E-state index in [0.29, 0.717) is 11.1 Å². The fourth-order valence-electron chi connectivity index (χ4n) is 3.38. The van der Waals surface area contributed by atoms with E-state index in [1.54, 1.807) is 18.0 Å². The van der Waals surface area contributed by atoms with Crippen LogP contribution in [0.2, 0.25) is 0 Å². The number of likely N-dealkylation sites (N-methyl/N-ethyl adjacent to an activating group) is 1. The highest BCUT2D eigenvalue weighted by Crippen LogP contribution is 2.14. The first kappa shape index (κ1) is 17.6. The normalized spacial score (nSPS) is 15.4. The predicted octanol–water partition coefficient (Wildman–Crippen LogP) is 1.42. The summed E-state index contributed by atoms with van der Waals surface area (Å²) in [5, 5.41) is 5.70. The molecule has 0 atom stereocenters. The van der Waals surface area contributed by atoms with E-state index in [4.69, 9.17) is 0 Å². The van der Waals surface area contributed by atoms with Crippen LogP contribution in [0.1, 0.15) is 25.0 Å². The first-order chi connectivity index (χ1) is 12.1. The van der Waals surface area contributed by atoms with Crippen LogP contribution >= 0.6 is 0 Å². The topological polar surface area (TPSA) is 58.4 Å².